The van der Waals surface area contributed by atoms with Crippen molar-refractivity contribution in [1.82, 2.24) is 4.98 Å². The first kappa shape index (κ1) is 14.1. The quantitative estimate of drug-likeness (QED) is 0.766. The molecule has 0 aromatic carbocycles. The Morgan fingerprint density at radius 1 is 1.39 bits per heavy atom. The van der Waals surface area contributed by atoms with Gasteiger partial charge in [-0.15, -0.1) is 0 Å². The van der Waals surface area contributed by atoms with Crippen LogP contribution in [0.4, 0.5) is 5.82 Å². The molecule has 0 atom stereocenters. The first-order valence-electron chi connectivity index (χ1n) is 6.43. The number of rotatable bonds is 2. The topological polar surface area (TPSA) is 16.1 Å². The minimum atomic E-state index is 0.502. The Balaban J connectivity index is 2.10. The second-order valence-electron chi connectivity index (χ2n) is 5.97. The maximum atomic E-state index is 5.93. The molecule has 1 aliphatic rings. The van der Waals surface area contributed by atoms with Crippen LogP contribution < -0.4 is 4.90 Å². The molecule has 0 spiro atoms. The highest BCUT2D eigenvalue weighted by Gasteiger charge is 2.29. The third kappa shape index (κ3) is 3.18. The Bertz CT molecular complexity index is 424. The molecule has 1 aliphatic carbocycles. The van der Waals surface area contributed by atoms with E-state index in [-0.39, 0.29) is 0 Å². The van der Waals surface area contributed by atoms with Crippen molar-refractivity contribution in [2.75, 3.05) is 11.9 Å². The molecule has 1 heterocycles. The summed E-state index contributed by atoms with van der Waals surface area (Å²) in [5, 5.41) is 0.670. The third-order valence-electron chi connectivity index (χ3n) is 3.98. The highest BCUT2D eigenvalue weighted by molar-refractivity contribution is 9.10. The van der Waals surface area contributed by atoms with Crippen LogP contribution in [0.5, 0.6) is 0 Å². The first-order valence-corrected chi connectivity index (χ1v) is 7.60. The Labute approximate surface area is 123 Å². The molecule has 2 nitrogen and oxygen atoms in total. The average molecular weight is 332 g/mol. The third-order valence-corrected chi connectivity index (χ3v) is 4.77. The van der Waals surface area contributed by atoms with Crippen molar-refractivity contribution in [3.63, 3.8) is 0 Å². The van der Waals surface area contributed by atoms with Gasteiger partial charge in [0.2, 0.25) is 0 Å². The summed E-state index contributed by atoms with van der Waals surface area (Å²) in [6.45, 7) is 4.72. The van der Waals surface area contributed by atoms with Gasteiger partial charge in [0.15, 0.2) is 0 Å². The van der Waals surface area contributed by atoms with Gasteiger partial charge in [-0.25, -0.2) is 4.98 Å². The van der Waals surface area contributed by atoms with E-state index in [9.17, 15) is 0 Å². The molecule has 1 fully saturated rings. The number of anilines is 1. The number of halogens is 2. The van der Waals surface area contributed by atoms with E-state index in [0.29, 0.717) is 16.5 Å². The van der Waals surface area contributed by atoms with Gasteiger partial charge in [0.1, 0.15) is 5.82 Å². The lowest BCUT2D eigenvalue weighted by molar-refractivity contribution is 0.222. The summed E-state index contributed by atoms with van der Waals surface area (Å²) in [5.74, 6) is 0.990. The van der Waals surface area contributed by atoms with Crippen LogP contribution >= 0.6 is 27.5 Å². The predicted molar refractivity (Wildman–Crippen MR) is 81.4 cm³/mol. The van der Waals surface area contributed by atoms with E-state index in [4.69, 9.17) is 11.6 Å². The molecule has 0 bridgehead atoms. The Hall–Kier alpha value is -0.280. The van der Waals surface area contributed by atoms with Crippen LogP contribution in [0.15, 0.2) is 16.7 Å². The summed E-state index contributed by atoms with van der Waals surface area (Å²) in [7, 11) is 2.13. The predicted octanol–water partition coefficient (Wildman–Crippen LogP) is 4.90. The number of nitrogens with zero attached hydrogens (tertiary/aromatic N) is 2. The lowest BCUT2D eigenvalue weighted by atomic mass is 9.75. The molecule has 4 heteroatoms. The molecule has 2 rings (SSSR count). The van der Waals surface area contributed by atoms with E-state index >= 15 is 0 Å². The van der Waals surface area contributed by atoms with E-state index in [1.54, 1.807) is 6.20 Å². The fourth-order valence-electron chi connectivity index (χ4n) is 2.61. The molecule has 0 N–H and O–H groups in total. The van der Waals surface area contributed by atoms with Gasteiger partial charge in [-0.1, -0.05) is 25.4 Å². The maximum Gasteiger partial charge on any atom is 0.142 e. The largest absolute Gasteiger partial charge is 0.356 e. The fourth-order valence-corrected chi connectivity index (χ4v) is 3.53. The van der Waals surface area contributed by atoms with E-state index in [1.165, 1.54) is 25.7 Å². The van der Waals surface area contributed by atoms with Gasteiger partial charge in [0, 0.05) is 19.3 Å². The van der Waals surface area contributed by atoms with E-state index < -0.39 is 0 Å². The fraction of sp³-hybridized carbons (Fsp3) is 0.643. The lowest BCUT2D eigenvalue weighted by Crippen LogP contribution is -2.37. The molecule has 0 aliphatic heterocycles. The maximum absolute atomic E-state index is 5.93. The minimum absolute atomic E-state index is 0.502. The van der Waals surface area contributed by atoms with Crippen LogP contribution in [0.2, 0.25) is 5.02 Å². The Kier molecular flexibility index (Phi) is 4.22. The van der Waals surface area contributed by atoms with E-state index in [1.807, 2.05) is 6.07 Å². The highest BCUT2D eigenvalue weighted by Crippen LogP contribution is 2.38. The highest BCUT2D eigenvalue weighted by atomic mass is 79.9. The smallest absolute Gasteiger partial charge is 0.142 e. The van der Waals surface area contributed by atoms with Crippen molar-refractivity contribution >= 4 is 33.3 Å². The van der Waals surface area contributed by atoms with Crippen LogP contribution in [-0.2, 0) is 0 Å². The zero-order valence-electron chi connectivity index (χ0n) is 11.2. The molecule has 1 aromatic heterocycles. The summed E-state index contributed by atoms with van der Waals surface area (Å²) in [6.07, 6.45) is 6.76. The summed E-state index contributed by atoms with van der Waals surface area (Å²) >= 11 is 9.48. The monoisotopic (exact) mass is 330 g/mol. The van der Waals surface area contributed by atoms with Crippen molar-refractivity contribution in [2.45, 2.75) is 45.6 Å². The van der Waals surface area contributed by atoms with Crippen LogP contribution in [0.1, 0.15) is 39.5 Å². The van der Waals surface area contributed by atoms with Crippen molar-refractivity contribution in [2.24, 2.45) is 5.41 Å². The van der Waals surface area contributed by atoms with E-state index in [2.05, 4.69) is 46.7 Å². The molecule has 1 aromatic rings. The van der Waals surface area contributed by atoms with Gasteiger partial charge >= 0.3 is 0 Å². The van der Waals surface area contributed by atoms with Gasteiger partial charge < -0.3 is 4.90 Å². The number of pyridine rings is 1. The molecule has 0 amide bonds. The Morgan fingerprint density at radius 3 is 2.56 bits per heavy atom. The van der Waals surface area contributed by atoms with Gasteiger partial charge in [0.25, 0.3) is 0 Å². The van der Waals surface area contributed by atoms with Crippen LogP contribution in [-0.4, -0.2) is 18.1 Å². The molecule has 0 radical (unpaired) electrons. The molecule has 0 saturated heterocycles. The van der Waals surface area contributed by atoms with E-state index in [0.717, 1.165) is 10.3 Å². The normalized spacial score (nSPS) is 19.8. The van der Waals surface area contributed by atoms with Gasteiger partial charge in [0.05, 0.1) is 9.50 Å². The molecule has 100 valence electrons. The van der Waals surface area contributed by atoms with Crippen molar-refractivity contribution in [1.29, 1.82) is 0 Å². The second kappa shape index (κ2) is 5.38. The van der Waals surface area contributed by atoms with Crippen LogP contribution in [0.25, 0.3) is 0 Å². The summed E-state index contributed by atoms with van der Waals surface area (Å²) in [5.41, 5.74) is 0.502. The van der Waals surface area contributed by atoms with Crippen LogP contribution in [0.3, 0.4) is 0 Å². The summed E-state index contributed by atoms with van der Waals surface area (Å²) in [6, 6.07) is 2.50. The average Bonchev–Trinajstić information content (AvgIpc) is 2.28. The summed E-state index contributed by atoms with van der Waals surface area (Å²) in [4.78, 5) is 6.72. The van der Waals surface area contributed by atoms with Gasteiger partial charge in [-0.05, 0) is 53.1 Å². The lowest BCUT2D eigenvalue weighted by Gasteiger charge is -2.39. The molecular weight excluding hydrogens is 312 g/mol. The Morgan fingerprint density at radius 2 is 2.00 bits per heavy atom. The van der Waals surface area contributed by atoms with Crippen molar-refractivity contribution in [3.05, 3.63) is 21.8 Å². The number of hydrogen-bond donors (Lipinski definition) is 0. The number of hydrogen-bond acceptors (Lipinski definition) is 2. The van der Waals surface area contributed by atoms with Gasteiger partial charge in [-0.2, -0.15) is 0 Å². The number of aromatic nitrogens is 1. The zero-order chi connectivity index (χ0) is 13.3. The molecule has 1 saturated carbocycles. The molecule has 0 unspecified atom stereocenters. The second-order valence-corrected chi connectivity index (χ2v) is 7.26. The standard InChI is InChI=1S/C14H20BrClN2/c1-14(2)6-4-11(5-7-14)18(3)13-12(15)8-10(16)9-17-13/h8-9,11H,4-7H2,1-3H3. The van der Waals surface area contributed by atoms with Gasteiger partial charge in [-0.3, -0.25) is 0 Å². The summed E-state index contributed by atoms with van der Waals surface area (Å²) < 4.78 is 0.974. The SMILES string of the molecule is CN(c1ncc(Cl)cc1Br)C1CCC(C)(C)CC1. The molecule has 18 heavy (non-hydrogen) atoms. The zero-order valence-corrected chi connectivity index (χ0v) is 13.6. The first-order chi connectivity index (χ1) is 8.39. The van der Waals surface area contributed by atoms with Crippen molar-refractivity contribution < 1.29 is 0 Å². The minimum Gasteiger partial charge on any atom is -0.356 e. The molecular formula is C14H20BrClN2. The van der Waals surface area contributed by atoms with Crippen LogP contribution in [0, 0.1) is 5.41 Å². The van der Waals surface area contributed by atoms with Crippen molar-refractivity contribution in [3.8, 4) is 0 Å².